The third-order valence-electron chi connectivity index (χ3n) is 14.6. The molecule has 10 nitrogen and oxygen atoms in total. The van der Waals surface area contributed by atoms with Gasteiger partial charge in [-0.15, -0.1) is 5.54 Å². The average molecular weight is 900 g/mol. The maximum absolute atomic E-state index is 17.9. The topological polar surface area (TPSA) is 99.1 Å². The van der Waals surface area contributed by atoms with E-state index >= 15 is 8.78 Å². The van der Waals surface area contributed by atoms with Crippen LogP contribution in [0.2, 0.25) is 16.6 Å². The summed E-state index contributed by atoms with van der Waals surface area (Å²) in [6.45, 7) is 20.1. The number of piperidine rings is 1. The van der Waals surface area contributed by atoms with Gasteiger partial charge in [0.25, 0.3) is 0 Å². The molecule has 14 heteroatoms. The fourth-order valence-corrected chi connectivity index (χ4v) is 17.0. The lowest BCUT2D eigenvalue weighted by molar-refractivity contribution is 0.00570. The van der Waals surface area contributed by atoms with Gasteiger partial charge >= 0.3 is 12.1 Å². The molecular formula is C50H64F3N5O5Si. The van der Waals surface area contributed by atoms with Crippen LogP contribution in [0, 0.1) is 23.1 Å². The Morgan fingerprint density at radius 3 is 2.36 bits per heavy atom. The number of hydrogen-bond donors (Lipinski definition) is 0. The van der Waals surface area contributed by atoms with E-state index in [4.69, 9.17) is 33.9 Å². The molecule has 5 atom stereocenters. The van der Waals surface area contributed by atoms with Gasteiger partial charge in [0.2, 0.25) is 0 Å². The SMILES string of the molecule is COCOc1cc(-c2ncc3c(C4C[C@H]5CC[C@@H](C4)N5C(=O)OC(C)(C)C)nc(OC[C@@]45CCCN4C[C@H](F)C5)nc3c2F)c2c(C#C[Si](C(C)C)(C(C)C)C(C)C)c(F)ccc2c1. The van der Waals surface area contributed by atoms with E-state index in [-0.39, 0.29) is 60.3 Å². The summed E-state index contributed by atoms with van der Waals surface area (Å²) in [6, 6.07) is 6.31. The zero-order valence-corrected chi connectivity index (χ0v) is 40.1. The summed E-state index contributed by atoms with van der Waals surface area (Å²) in [5.74, 6) is 2.31. The molecule has 4 aliphatic heterocycles. The first-order chi connectivity index (χ1) is 30.4. The van der Waals surface area contributed by atoms with Gasteiger partial charge < -0.3 is 23.8 Å². The molecule has 1 unspecified atom stereocenters. The molecule has 344 valence electrons. The van der Waals surface area contributed by atoms with Crippen LogP contribution in [0.4, 0.5) is 18.0 Å². The number of rotatable bonds is 11. The van der Waals surface area contributed by atoms with E-state index < -0.39 is 37.0 Å². The lowest BCUT2D eigenvalue weighted by Crippen LogP contribution is -2.48. The second-order valence-corrected chi connectivity index (χ2v) is 26.1. The van der Waals surface area contributed by atoms with E-state index in [0.717, 1.165) is 32.2 Å². The van der Waals surface area contributed by atoms with Crippen LogP contribution in [-0.2, 0) is 9.47 Å². The summed E-state index contributed by atoms with van der Waals surface area (Å²) in [7, 11) is -0.808. The highest BCUT2D eigenvalue weighted by atomic mass is 28.3. The van der Waals surface area contributed by atoms with Crippen LogP contribution in [0.1, 0.15) is 124 Å². The van der Waals surface area contributed by atoms with E-state index in [1.165, 1.54) is 13.2 Å². The summed E-state index contributed by atoms with van der Waals surface area (Å²) in [6.07, 6.45) is 5.21. The first-order valence-corrected chi connectivity index (χ1v) is 25.4. The Morgan fingerprint density at radius 2 is 1.70 bits per heavy atom. The Bertz CT molecular complexity index is 2450. The average Bonchev–Trinajstić information content (AvgIpc) is 3.85. The Morgan fingerprint density at radius 1 is 1.00 bits per heavy atom. The van der Waals surface area contributed by atoms with Gasteiger partial charge in [0.1, 0.15) is 49.2 Å². The summed E-state index contributed by atoms with van der Waals surface area (Å²) < 4.78 is 72.6. The number of fused-ring (bicyclic) bond motifs is 5. The van der Waals surface area contributed by atoms with Crippen LogP contribution in [0.5, 0.6) is 11.8 Å². The van der Waals surface area contributed by atoms with Gasteiger partial charge in [-0.25, -0.2) is 18.0 Å². The smallest absolute Gasteiger partial charge is 0.410 e. The number of methoxy groups -OCH3 is 1. The second-order valence-electron chi connectivity index (χ2n) is 20.6. The van der Waals surface area contributed by atoms with E-state index in [0.29, 0.717) is 75.6 Å². The Labute approximate surface area is 377 Å². The van der Waals surface area contributed by atoms with Crippen molar-refractivity contribution in [3.05, 3.63) is 53.4 Å². The lowest BCUT2D eigenvalue weighted by atomic mass is 9.86. The zero-order chi connectivity index (χ0) is 45.9. The van der Waals surface area contributed by atoms with Gasteiger partial charge in [-0.3, -0.25) is 9.88 Å². The van der Waals surface area contributed by atoms with Crippen molar-refractivity contribution in [2.75, 3.05) is 33.6 Å². The van der Waals surface area contributed by atoms with Crippen LogP contribution in [0.15, 0.2) is 30.5 Å². The molecule has 8 rings (SSSR count). The molecule has 4 aromatic rings. The van der Waals surface area contributed by atoms with Gasteiger partial charge in [-0.1, -0.05) is 53.5 Å². The summed E-state index contributed by atoms with van der Waals surface area (Å²) in [5.41, 5.74) is 4.49. The van der Waals surface area contributed by atoms with Gasteiger partial charge in [0.15, 0.2) is 12.6 Å². The number of ether oxygens (including phenoxy) is 4. The number of aromatic nitrogens is 3. The van der Waals surface area contributed by atoms with Crippen molar-refractivity contribution in [1.82, 2.24) is 24.8 Å². The van der Waals surface area contributed by atoms with Crippen LogP contribution in [0.3, 0.4) is 0 Å². The molecule has 2 aromatic heterocycles. The van der Waals surface area contributed by atoms with Crippen molar-refractivity contribution in [3.63, 3.8) is 0 Å². The number of nitrogens with zero attached hydrogens (tertiary/aromatic N) is 5. The number of hydrogen-bond acceptors (Lipinski definition) is 9. The van der Waals surface area contributed by atoms with E-state index in [1.807, 2.05) is 25.7 Å². The molecular weight excluding hydrogens is 836 g/mol. The Hall–Kier alpha value is -4.45. The molecule has 1 amide bonds. The van der Waals surface area contributed by atoms with Crippen molar-refractivity contribution in [2.24, 2.45) is 0 Å². The van der Waals surface area contributed by atoms with Crippen molar-refractivity contribution >= 4 is 35.8 Å². The van der Waals surface area contributed by atoms with E-state index in [2.05, 4.69) is 57.9 Å². The summed E-state index contributed by atoms with van der Waals surface area (Å²) in [4.78, 5) is 32.1. The molecule has 4 saturated heterocycles. The highest BCUT2D eigenvalue weighted by molar-refractivity contribution is 6.90. The minimum absolute atomic E-state index is 0.000920. The third-order valence-corrected chi connectivity index (χ3v) is 20.8. The number of carbonyl (C=O) groups is 1. The molecule has 2 aromatic carbocycles. The number of pyridine rings is 1. The molecule has 0 N–H and O–H groups in total. The predicted molar refractivity (Wildman–Crippen MR) is 246 cm³/mol. The maximum atomic E-state index is 17.9. The molecule has 2 bridgehead atoms. The summed E-state index contributed by atoms with van der Waals surface area (Å²) >= 11 is 0. The number of carbonyl (C=O) groups excluding carboxylic acids is 1. The minimum Gasteiger partial charge on any atom is -0.468 e. The van der Waals surface area contributed by atoms with Crippen molar-refractivity contribution in [3.8, 4) is 34.5 Å². The highest BCUT2D eigenvalue weighted by Gasteiger charge is 2.50. The minimum atomic E-state index is -2.32. The van der Waals surface area contributed by atoms with Crippen molar-refractivity contribution in [1.29, 1.82) is 0 Å². The number of amides is 1. The van der Waals surface area contributed by atoms with Crippen LogP contribution < -0.4 is 9.47 Å². The molecule has 4 fully saturated rings. The normalized spacial score (nSPS) is 23.7. The van der Waals surface area contributed by atoms with Crippen LogP contribution in [0.25, 0.3) is 32.9 Å². The lowest BCUT2D eigenvalue weighted by Gasteiger charge is -2.39. The number of benzene rings is 2. The maximum Gasteiger partial charge on any atom is 0.410 e. The highest BCUT2D eigenvalue weighted by Crippen LogP contribution is 2.47. The monoisotopic (exact) mass is 899 g/mol. The summed E-state index contributed by atoms with van der Waals surface area (Å²) in [5, 5.41) is 1.45. The zero-order valence-electron chi connectivity index (χ0n) is 39.1. The van der Waals surface area contributed by atoms with Crippen LogP contribution >= 0.6 is 0 Å². The van der Waals surface area contributed by atoms with Gasteiger partial charge in [0, 0.05) is 60.6 Å². The fraction of sp³-hybridized carbons (Fsp3) is 0.600. The molecule has 0 saturated carbocycles. The molecule has 4 aliphatic rings. The van der Waals surface area contributed by atoms with Gasteiger partial charge in [-0.2, -0.15) is 9.97 Å². The predicted octanol–water partition coefficient (Wildman–Crippen LogP) is 11.3. The first kappa shape index (κ1) is 46.1. The molecule has 6 heterocycles. The standard InChI is InChI=1S/C50H64F3N5O5Si/c1-29(2)64(30(3)4,31(5)6)19-16-38-41(52)15-12-32-22-37(62-28-60-10)23-39(42(32)38)45-43(53)46-40(25-54-45)44(33-20-35-13-14-36(21-33)58(35)48(59)63-49(7,8)9)55-47(56-46)61-27-50-17-11-18-57(50)26-34(51)24-50/h12,15,22-23,25,29-31,33-36H,11,13-14,17-18,20-21,24,26-28H2,1-10H3/t33?,34-,35-,36+,50+/m1/s1. The largest absolute Gasteiger partial charge is 0.468 e. The van der Waals surface area contributed by atoms with Crippen molar-refractivity contribution in [2.45, 2.75) is 159 Å². The molecule has 0 spiro atoms. The van der Waals surface area contributed by atoms with E-state index in [1.54, 1.807) is 24.4 Å². The fourth-order valence-electron chi connectivity index (χ4n) is 11.8. The van der Waals surface area contributed by atoms with Crippen LogP contribution in [-0.4, -0.2) is 102 Å². The molecule has 0 aliphatic carbocycles. The Balaban J connectivity index is 1.29. The number of halogens is 3. The van der Waals surface area contributed by atoms with Crippen molar-refractivity contribution < 1.29 is 36.9 Å². The number of alkyl halides is 1. The quantitative estimate of drug-likeness (QED) is 0.0828. The van der Waals surface area contributed by atoms with Gasteiger partial charge in [0.05, 0.1) is 16.8 Å². The van der Waals surface area contributed by atoms with Gasteiger partial charge in [-0.05, 0) is 106 Å². The molecule has 64 heavy (non-hydrogen) atoms. The molecule has 0 radical (unpaired) electrons. The first-order valence-electron chi connectivity index (χ1n) is 23.2. The third kappa shape index (κ3) is 8.45. The second kappa shape index (κ2) is 17.7. The Kier molecular flexibility index (Phi) is 12.8. The van der Waals surface area contributed by atoms with E-state index in [9.17, 15) is 9.18 Å².